The summed E-state index contributed by atoms with van der Waals surface area (Å²) < 4.78 is 39.2. The topological polar surface area (TPSA) is 45.5 Å². The van der Waals surface area contributed by atoms with E-state index in [1.807, 2.05) is 6.07 Å². The molecule has 7 heteroatoms. The Morgan fingerprint density at radius 2 is 2.19 bits per heavy atom. The molecule has 1 aromatic rings. The highest BCUT2D eigenvalue weighted by Crippen LogP contribution is 2.39. The van der Waals surface area contributed by atoms with Gasteiger partial charge >= 0.3 is 0 Å². The summed E-state index contributed by atoms with van der Waals surface area (Å²) in [7, 11) is 3.05. The van der Waals surface area contributed by atoms with Gasteiger partial charge in [-0.3, -0.25) is 0 Å². The van der Waals surface area contributed by atoms with Crippen LogP contribution in [0.15, 0.2) is 16.6 Å². The van der Waals surface area contributed by atoms with Gasteiger partial charge in [-0.15, -0.1) is 0 Å². The van der Waals surface area contributed by atoms with Crippen molar-refractivity contribution in [3.63, 3.8) is 0 Å². The van der Waals surface area contributed by atoms with Crippen LogP contribution < -0.4 is 9.47 Å². The normalized spacial score (nSPS) is 21.6. The molecule has 0 spiro atoms. The number of rotatable bonds is 3. The van der Waals surface area contributed by atoms with Crippen LogP contribution in [0.5, 0.6) is 11.5 Å². The summed E-state index contributed by atoms with van der Waals surface area (Å²) in [5, 5.41) is 9.21. The van der Waals surface area contributed by atoms with Crippen molar-refractivity contribution in [3.8, 4) is 17.6 Å². The molecular formula is C14H15BrF2N2O2. The van der Waals surface area contributed by atoms with E-state index in [1.165, 1.54) is 7.11 Å². The summed E-state index contributed by atoms with van der Waals surface area (Å²) in [6, 6.07) is 5.16. The zero-order chi connectivity index (χ0) is 15.6. The maximum atomic E-state index is 14.1. The molecule has 0 radical (unpaired) electrons. The van der Waals surface area contributed by atoms with E-state index < -0.39 is 12.0 Å². The van der Waals surface area contributed by atoms with Gasteiger partial charge in [-0.25, -0.2) is 8.78 Å². The lowest BCUT2D eigenvalue weighted by atomic mass is 10.0. The van der Waals surface area contributed by atoms with Gasteiger partial charge in [-0.05, 0) is 35.1 Å². The van der Waals surface area contributed by atoms with Crippen molar-refractivity contribution in [3.05, 3.63) is 22.2 Å². The molecule has 0 N–H and O–H groups in total. The van der Waals surface area contributed by atoms with Crippen LogP contribution in [-0.4, -0.2) is 44.2 Å². The van der Waals surface area contributed by atoms with Crippen molar-refractivity contribution in [2.24, 2.45) is 0 Å². The first-order valence-electron chi connectivity index (χ1n) is 6.38. The van der Waals surface area contributed by atoms with Gasteiger partial charge in [0.25, 0.3) is 5.92 Å². The molecule has 1 fully saturated rings. The maximum absolute atomic E-state index is 14.1. The quantitative estimate of drug-likeness (QED) is 0.830. The summed E-state index contributed by atoms with van der Waals surface area (Å²) >= 11 is 3.22. The van der Waals surface area contributed by atoms with Crippen molar-refractivity contribution in [2.45, 2.75) is 18.4 Å². The van der Waals surface area contributed by atoms with Crippen LogP contribution >= 0.6 is 15.9 Å². The average Bonchev–Trinajstić information content (AvgIpc) is 2.41. The number of nitrogens with zero attached hydrogens (tertiary/aromatic N) is 2. The molecule has 1 aliphatic rings. The average molecular weight is 361 g/mol. The Morgan fingerprint density at radius 1 is 1.48 bits per heavy atom. The third-order valence-electron chi connectivity index (χ3n) is 3.39. The molecule has 0 amide bonds. The maximum Gasteiger partial charge on any atom is 0.296 e. The summed E-state index contributed by atoms with van der Waals surface area (Å²) in [6.07, 6.45) is -1.09. The smallest absolute Gasteiger partial charge is 0.296 e. The molecule has 1 saturated heterocycles. The van der Waals surface area contributed by atoms with E-state index in [-0.39, 0.29) is 30.0 Å². The molecule has 2 rings (SSSR count). The van der Waals surface area contributed by atoms with E-state index in [1.54, 1.807) is 24.1 Å². The summed E-state index contributed by atoms with van der Waals surface area (Å²) in [6.45, 7) is 0.147. The fourth-order valence-electron chi connectivity index (χ4n) is 2.30. The first-order valence-corrected chi connectivity index (χ1v) is 7.18. The highest BCUT2D eigenvalue weighted by Gasteiger charge is 2.46. The molecule has 0 bridgehead atoms. The van der Waals surface area contributed by atoms with Crippen LogP contribution in [0.1, 0.15) is 12.0 Å². The molecule has 1 aromatic carbocycles. The number of benzene rings is 1. The summed E-state index contributed by atoms with van der Waals surface area (Å²) in [5.74, 6) is -2.65. The number of likely N-dealkylation sites (tertiary alicyclic amines) is 1. The van der Waals surface area contributed by atoms with E-state index in [4.69, 9.17) is 9.47 Å². The van der Waals surface area contributed by atoms with Gasteiger partial charge in [0, 0.05) is 17.4 Å². The summed E-state index contributed by atoms with van der Waals surface area (Å²) in [4.78, 5) is 1.56. The van der Waals surface area contributed by atoms with Gasteiger partial charge in [-0.1, -0.05) is 0 Å². The largest absolute Gasteiger partial charge is 0.493 e. The third-order valence-corrected chi connectivity index (χ3v) is 4.05. The molecule has 1 heterocycles. The molecule has 114 valence electrons. The van der Waals surface area contributed by atoms with E-state index in [0.29, 0.717) is 11.0 Å². The van der Waals surface area contributed by atoms with Crippen molar-refractivity contribution < 1.29 is 18.3 Å². The second-order valence-electron chi connectivity index (χ2n) is 4.96. The zero-order valence-corrected chi connectivity index (χ0v) is 13.3. The molecule has 0 saturated carbocycles. The number of hydrogen-bond donors (Lipinski definition) is 0. The van der Waals surface area contributed by atoms with Crippen LogP contribution in [0.25, 0.3) is 0 Å². The highest BCUT2D eigenvalue weighted by molar-refractivity contribution is 9.10. The van der Waals surface area contributed by atoms with Crippen molar-refractivity contribution >= 4 is 15.9 Å². The lowest BCUT2D eigenvalue weighted by Gasteiger charge is -2.36. The lowest BCUT2D eigenvalue weighted by molar-refractivity contribution is -0.135. The molecule has 21 heavy (non-hydrogen) atoms. The third kappa shape index (κ3) is 3.27. The monoisotopic (exact) mass is 360 g/mol. The van der Waals surface area contributed by atoms with Crippen LogP contribution in [-0.2, 0) is 0 Å². The molecule has 1 unspecified atom stereocenters. The minimum Gasteiger partial charge on any atom is -0.493 e. The zero-order valence-electron chi connectivity index (χ0n) is 11.7. The molecule has 1 aliphatic heterocycles. The van der Waals surface area contributed by atoms with E-state index in [9.17, 15) is 14.0 Å². The first kappa shape index (κ1) is 16.0. The van der Waals surface area contributed by atoms with Crippen LogP contribution in [0, 0.1) is 11.3 Å². The Morgan fingerprint density at radius 3 is 2.76 bits per heavy atom. The van der Waals surface area contributed by atoms with Crippen LogP contribution in [0.4, 0.5) is 8.78 Å². The van der Waals surface area contributed by atoms with Gasteiger partial charge in [0.05, 0.1) is 13.7 Å². The van der Waals surface area contributed by atoms with Gasteiger partial charge < -0.3 is 14.4 Å². The highest BCUT2D eigenvalue weighted by atomic mass is 79.9. The van der Waals surface area contributed by atoms with Crippen LogP contribution in [0.2, 0.25) is 0 Å². The van der Waals surface area contributed by atoms with Gasteiger partial charge in [0.1, 0.15) is 11.6 Å². The molecule has 4 nitrogen and oxygen atoms in total. The van der Waals surface area contributed by atoms with Crippen molar-refractivity contribution in [1.29, 1.82) is 5.26 Å². The predicted molar refractivity (Wildman–Crippen MR) is 76.9 cm³/mol. The van der Waals surface area contributed by atoms with Gasteiger partial charge in [-0.2, -0.15) is 5.26 Å². The Bertz CT molecular complexity index is 575. The van der Waals surface area contributed by atoms with Crippen LogP contribution in [0.3, 0.4) is 0 Å². The fourth-order valence-corrected chi connectivity index (χ4v) is 2.70. The standard InChI is InChI=1S/C14H15BrF2N2O2/c1-19-6-5-12(14(16,17)8-19)21-13-9(7-18)10(15)3-4-11(13)20-2/h3-4,12H,5-6,8H2,1-2H3. The number of methoxy groups -OCH3 is 1. The lowest BCUT2D eigenvalue weighted by Crippen LogP contribution is -2.52. The second kappa shape index (κ2) is 6.16. The number of piperidine rings is 1. The number of ether oxygens (including phenoxy) is 2. The van der Waals surface area contributed by atoms with E-state index >= 15 is 0 Å². The minimum absolute atomic E-state index is 0.0589. The Hall–Kier alpha value is -1.39. The van der Waals surface area contributed by atoms with Crippen molar-refractivity contribution in [2.75, 3.05) is 27.2 Å². The fraction of sp³-hybridized carbons (Fsp3) is 0.500. The number of nitriles is 1. The SMILES string of the molecule is COc1ccc(Br)c(C#N)c1OC1CCN(C)CC1(F)F. The number of hydrogen-bond acceptors (Lipinski definition) is 4. The van der Waals surface area contributed by atoms with Crippen molar-refractivity contribution in [1.82, 2.24) is 4.90 Å². The minimum atomic E-state index is -2.98. The molecule has 0 aromatic heterocycles. The second-order valence-corrected chi connectivity index (χ2v) is 5.81. The van der Waals surface area contributed by atoms with E-state index in [0.717, 1.165) is 0 Å². The molecule has 0 aliphatic carbocycles. The molecule has 1 atom stereocenters. The number of alkyl halides is 2. The Kier molecular flexibility index (Phi) is 4.69. The first-order chi connectivity index (χ1) is 9.89. The Labute approximate surface area is 130 Å². The number of halogens is 3. The Balaban J connectivity index is 2.35. The van der Waals surface area contributed by atoms with Gasteiger partial charge in [0.2, 0.25) is 0 Å². The molecular weight excluding hydrogens is 346 g/mol. The van der Waals surface area contributed by atoms with E-state index in [2.05, 4.69) is 15.9 Å². The van der Waals surface area contributed by atoms with Gasteiger partial charge in [0.15, 0.2) is 17.6 Å². The predicted octanol–water partition coefficient (Wildman–Crippen LogP) is 3.05. The summed E-state index contributed by atoms with van der Waals surface area (Å²) in [5.41, 5.74) is 0.157.